The van der Waals surface area contributed by atoms with Crippen LogP contribution in [0.25, 0.3) is 0 Å². The third-order valence-corrected chi connectivity index (χ3v) is 5.42. The van der Waals surface area contributed by atoms with Gasteiger partial charge in [-0.3, -0.25) is 4.99 Å². The van der Waals surface area contributed by atoms with Crippen LogP contribution in [0.4, 0.5) is 0 Å². The molecule has 0 spiro atoms. The molecule has 0 aromatic rings. The SMILES string of the molecule is CC/C=C\CCC[C@H](N)N=C(C1CCCCC1)N(C)CC1=CCCC=C1. The Kier molecular flexibility index (Phi) is 9.76. The molecule has 0 saturated heterocycles. The molecule has 1 saturated carbocycles. The van der Waals surface area contributed by atoms with Gasteiger partial charge in [0, 0.05) is 19.5 Å². The van der Waals surface area contributed by atoms with Crippen molar-refractivity contribution >= 4 is 5.84 Å². The van der Waals surface area contributed by atoms with Crippen molar-refractivity contribution in [3.63, 3.8) is 0 Å². The molecule has 0 aromatic heterocycles. The predicted octanol–water partition coefficient (Wildman–Crippen LogP) is 5.59. The van der Waals surface area contributed by atoms with Crippen LogP contribution in [0.2, 0.25) is 0 Å². The minimum absolute atomic E-state index is 0.0692. The van der Waals surface area contributed by atoms with Gasteiger partial charge in [0.15, 0.2) is 0 Å². The number of allylic oxidation sites excluding steroid dienone is 4. The number of hydrogen-bond donors (Lipinski definition) is 1. The van der Waals surface area contributed by atoms with E-state index in [9.17, 15) is 0 Å². The maximum absolute atomic E-state index is 6.40. The molecular formula is C23H39N3. The van der Waals surface area contributed by atoms with Gasteiger partial charge in [0.1, 0.15) is 5.84 Å². The lowest BCUT2D eigenvalue weighted by molar-refractivity contribution is 0.392. The van der Waals surface area contributed by atoms with Crippen LogP contribution in [-0.4, -0.2) is 30.5 Å². The highest BCUT2D eigenvalue weighted by Gasteiger charge is 2.23. The molecule has 1 fully saturated rings. The highest BCUT2D eigenvalue weighted by molar-refractivity contribution is 5.85. The zero-order valence-corrected chi connectivity index (χ0v) is 17.0. The number of likely N-dealkylation sites (N-methyl/N-ethyl adjacent to an activating group) is 1. The fourth-order valence-electron chi connectivity index (χ4n) is 3.98. The monoisotopic (exact) mass is 357 g/mol. The van der Waals surface area contributed by atoms with Crippen LogP contribution in [0.5, 0.6) is 0 Å². The molecule has 2 aliphatic carbocycles. The first-order valence-electron chi connectivity index (χ1n) is 10.8. The Labute approximate surface area is 161 Å². The average molecular weight is 358 g/mol. The summed E-state index contributed by atoms with van der Waals surface area (Å²) >= 11 is 0. The topological polar surface area (TPSA) is 41.6 Å². The van der Waals surface area contributed by atoms with E-state index in [4.69, 9.17) is 10.7 Å². The lowest BCUT2D eigenvalue weighted by Crippen LogP contribution is -2.37. The van der Waals surface area contributed by atoms with Gasteiger partial charge in [0.05, 0.1) is 6.17 Å². The summed E-state index contributed by atoms with van der Waals surface area (Å²) in [6.45, 7) is 3.13. The summed E-state index contributed by atoms with van der Waals surface area (Å²) in [5, 5.41) is 0. The quantitative estimate of drug-likeness (QED) is 0.253. The number of nitrogens with two attached hydrogens (primary N) is 1. The summed E-state index contributed by atoms with van der Waals surface area (Å²) in [6.07, 6.45) is 24.6. The molecule has 0 radical (unpaired) electrons. The molecule has 0 heterocycles. The smallest absolute Gasteiger partial charge is 0.104 e. The van der Waals surface area contributed by atoms with Gasteiger partial charge >= 0.3 is 0 Å². The van der Waals surface area contributed by atoms with Crippen LogP contribution >= 0.6 is 0 Å². The van der Waals surface area contributed by atoms with E-state index in [0.29, 0.717) is 5.92 Å². The standard InChI is InChI=1S/C23H39N3/c1-3-4-5-6-13-18-22(24)25-23(21-16-11-8-12-17-21)26(2)19-20-14-9-7-10-15-20/h4-5,9,14-15,21-22H,3,6-8,10-13,16-19,24H2,1-2H3/b5-4-,25-23?/t22-/m1/s1. The molecule has 146 valence electrons. The number of rotatable bonds is 9. The molecule has 26 heavy (non-hydrogen) atoms. The normalized spacial score (nSPS) is 20.4. The van der Waals surface area contributed by atoms with E-state index < -0.39 is 0 Å². The summed E-state index contributed by atoms with van der Waals surface area (Å²) < 4.78 is 0. The Balaban J connectivity index is 1.98. The van der Waals surface area contributed by atoms with Crippen LogP contribution in [0.3, 0.4) is 0 Å². The summed E-state index contributed by atoms with van der Waals surface area (Å²) in [6, 6.07) is 0. The Morgan fingerprint density at radius 3 is 2.77 bits per heavy atom. The van der Waals surface area contributed by atoms with Crippen molar-refractivity contribution in [3.05, 3.63) is 36.0 Å². The maximum Gasteiger partial charge on any atom is 0.104 e. The van der Waals surface area contributed by atoms with Gasteiger partial charge in [-0.15, -0.1) is 0 Å². The lowest BCUT2D eigenvalue weighted by Gasteiger charge is -2.32. The van der Waals surface area contributed by atoms with Gasteiger partial charge in [-0.25, -0.2) is 0 Å². The van der Waals surface area contributed by atoms with E-state index in [1.165, 1.54) is 56.4 Å². The maximum atomic E-state index is 6.40. The Bertz CT molecular complexity index is 510. The summed E-state index contributed by atoms with van der Waals surface area (Å²) in [5.74, 6) is 1.84. The highest BCUT2D eigenvalue weighted by Crippen LogP contribution is 2.27. The van der Waals surface area contributed by atoms with E-state index in [-0.39, 0.29) is 6.17 Å². The largest absolute Gasteiger partial charge is 0.359 e. The van der Waals surface area contributed by atoms with Gasteiger partial charge < -0.3 is 10.6 Å². The zero-order valence-electron chi connectivity index (χ0n) is 17.0. The van der Waals surface area contributed by atoms with Crippen LogP contribution in [0.1, 0.15) is 77.6 Å². The van der Waals surface area contributed by atoms with Crippen molar-refractivity contribution in [2.75, 3.05) is 13.6 Å². The van der Waals surface area contributed by atoms with E-state index in [1.807, 2.05) is 0 Å². The van der Waals surface area contributed by atoms with E-state index in [1.54, 1.807) is 0 Å². The first-order chi connectivity index (χ1) is 12.7. The van der Waals surface area contributed by atoms with Gasteiger partial charge in [-0.2, -0.15) is 0 Å². The second-order valence-corrected chi connectivity index (χ2v) is 7.81. The number of hydrogen-bond acceptors (Lipinski definition) is 2. The van der Waals surface area contributed by atoms with Crippen LogP contribution in [0, 0.1) is 5.92 Å². The fraction of sp³-hybridized carbons (Fsp3) is 0.696. The minimum atomic E-state index is -0.0692. The Hall–Kier alpha value is -1.35. The molecular weight excluding hydrogens is 318 g/mol. The third-order valence-electron chi connectivity index (χ3n) is 5.42. The molecule has 3 nitrogen and oxygen atoms in total. The molecule has 0 amide bonds. The molecule has 2 aliphatic rings. The summed E-state index contributed by atoms with van der Waals surface area (Å²) in [4.78, 5) is 7.40. The second kappa shape index (κ2) is 12.1. The molecule has 0 bridgehead atoms. The Morgan fingerprint density at radius 1 is 1.27 bits per heavy atom. The molecule has 2 rings (SSSR count). The molecule has 0 aliphatic heterocycles. The minimum Gasteiger partial charge on any atom is -0.359 e. The van der Waals surface area contributed by atoms with Crippen molar-refractivity contribution < 1.29 is 0 Å². The number of amidine groups is 1. The van der Waals surface area contributed by atoms with Gasteiger partial charge in [0.25, 0.3) is 0 Å². The fourth-order valence-corrected chi connectivity index (χ4v) is 3.98. The third kappa shape index (κ3) is 7.49. The lowest BCUT2D eigenvalue weighted by atomic mass is 9.87. The predicted molar refractivity (Wildman–Crippen MR) is 114 cm³/mol. The van der Waals surface area contributed by atoms with Crippen molar-refractivity contribution in [1.29, 1.82) is 0 Å². The van der Waals surface area contributed by atoms with Gasteiger partial charge in [-0.1, -0.05) is 56.6 Å². The Morgan fingerprint density at radius 2 is 2.08 bits per heavy atom. The van der Waals surface area contributed by atoms with Crippen LogP contribution < -0.4 is 5.73 Å². The van der Waals surface area contributed by atoms with Gasteiger partial charge in [0.2, 0.25) is 0 Å². The van der Waals surface area contributed by atoms with Crippen molar-refractivity contribution in [2.24, 2.45) is 16.6 Å². The average Bonchev–Trinajstić information content (AvgIpc) is 2.67. The first kappa shape index (κ1) is 21.0. The van der Waals surface area contributed by atoms with Crippen LogP contribution in [-0.2, 0) is 0 Å². The zero-order chi connectivity index (χ0) is 18.6. The van der Waals surface area contributed by atoms with E-state index >= 15 is 0 Å². The molecule has 2 N–H and O–H groups in total. The van der Waals surface area contributed by atoms with Gasteiger partial charge in [-0.05, 0) is 56.9 Å². The number of unbranched alkanes of at least 4 members (excludes halogenated alkanes) is 1. The molecule has 0 aromatic carbocycles. The van der Waals surface area contributed by atoms with Crippen LogP contribution in [0.15, 0.2) is 40.9 Å². The second-order valence-electron chi connectivity index (χ2n) is 7.81. The number of nitrogens with zero attached hydrogens (tertiary/aromatic N) is 2. The van der Waals surface area contributed by atoms with E-state index in [0.717, 1.165) is 32.2 Å². The molecule has 1 atom stereocenters. The first-order valence-corrected chi connectivity index (χ1v) is 10.8. The van der Waals surface area contributed by atoms with E-state index in [2.05, 4.69) is 49.3 Å². The highest BCUT2D eigenvalue weighted by atomic mass is 15.2. The number of aliphatic imine (C=N–C) groups is 1. The molecule has 3 heteroatoms. The summed E-state index contributed by atoms with van der Waals surface area (Å²) in [5.41, 5.74) is 7.82. The van der Waals surface area contributed by atoms with Crippen molar-refractivity contribution in [2.45, 2.75) is 83.7 Å². The summed E-state index contributed by atoms with van der Waals surface area (Å²) in [7, 11) is 2.20. The van der Waals surface area contributed by atoms with Crippen molar-refractivity contribution in [1.82, 2.24) is 4.90 Å². The van der Waals surface area contributed by atoms with Crippen molar-refractivity contribution in [3.8, 4) is 0 Å². The molecule has 0 unspecified atom stereocenters.